The first-order valence-electron chi connectivity index (χ1n) is 5.31. The van der Waals surface area contributed by atoms with E-state index < -0.39 is 10.8 Å². The predicted molar refractivity (Wildman–Crippen MR) is 69.9 cm³/mol. The topological polar surface area (TPSA) is 56.0 Å². The van der Waals surface area contributed by atoms with Crippen LogP contribution in [0.3, 0.4) is 0 Å². The van der Waals surface area contributed by atoms with Crippen LogP contribution in [0.15, 0.2) is 47.5 Å². The third kappa shape index (κ3) is 2.91. The van der Waals surface area contributed by atoms with Crippen LogP contribution >= 0.6 is 0 Å². The summed E-state index contributed by atoms with van der Waals surface area (Å²) in [5.74, 6) is 0.441. The van der Waals surface area contributed by atoms with E-state index in [1.807, 2.05) is 19.1 Å². The van der Waals surface area contributed by atoms with Gasteiger partial charge in [0.15, 0.2) is 0 Å². The van der Waals surface area contributed by atoms with Crippen LogP contribution in [0.2, 0.25) is 0 Å². The van der Waals surface area contributed by atoms with E-state index in [4.69, 9.17) is 5.73 Å². The molecule has 1 aromatic carbocycles. The van der Waals surface area contributed by atoms with Gasteiger partial charge in [0.25, 0.3) is 0 Å². The van der Waals surface area contributed by atoms with Crippen molar-refractivity contribution in [2.45, 2.75) is 17.6 Å². The molecule has 0 aliphatic carbocycles. The minimum Gasteiger partial charge on any atom is -0.399 e. The van der Waals surface area contributed by atoms with Crippen LogP contribution in [0.5, 0.6) is 0 Å². The van der Waals surface area contributed by atoms with Crippen molar-refractivity contribution < 1.29 is 4.21 Å². The third-order valence-electron chi connectivity index (χ3n) is 2.53. The summed E-state index contributed by atoms with van der Waals surface area (Å²) in [5, 5.41) is 0. The maximum absolute atomic E-state index is 12.1. The average molecular weight is 246 g/mol. The number of nitrogens with two attached hydrogens (primary N) is 1. The summed E-state index contributed by atoms with van der Waals surface area (Å²) in [5.41, 5.74) is 8.22. The molecule has 1 unspecified atom stereocenters. The largest absolute Gasteiger partial charge is 0.399 e. The van der Waals surface area contributed by atoms with E-state index >= 15 is 0 Å². The van der Waals surface area contributed by atoms with Gasteiger partial charge in [-0.05, 0) is 42.8 Å². The molecule has 0 spiro atoms. The lowest BCUT2D eigenvalue weighted by atomic mass is 10.2. The van der Waals surface area contributed by atoms with Gasteiger partial charge >= 0.3 is 0 Å². The maximum atomic E-state index is 12.1. The lowest BCUT2D eigenvalue weighted by molar-refractivity contribution is 0.682. The summed E-state index contributed by atoms with van der Waals surface area (Å²) in [6.45, 7) is 1.97. The number of hydrogen-bond donors (Lipinski definition) is 1. The van der Waals surface area contributed by atoms with Crippen LogP contribution in [0.1, 0.15) is 11.3 Å². The van der Waals surface area contributed by atoms with Gasteiger partial charge in [-0.15, -0.1) is 0 Å². The highest BCUT2D eigenvalue weighted by Gasteiger charge is 2.07. The molecule has 17 heavy (non-hydrogen) atoms. The van der Waals surface area contributed by atoms with Gasteiger partial charge in [-0.25, -0.2) is 0 Å². The fourth-order valence-electron chi connectivity index (χ4n) is 1.50. The molecule has 1 atom stereocenters. The van der Waals surface area contributed by atoms with Crippen molar-refractivity contribution in [1.82, 2.24) is 4.98 Å². The number of nitrogens with zero attached hydrogens (tertiary/aromatic N) is 1. The first kappa shape index (κ1) is 11.8. The Morgan fingerprint density at radius 2 is 1.94 bits per heavy atom. The molecule has 0 aliphatic rings. The SMILES string of the molecule is Cc1cccnc1CS(=O)c1ccc(N)cc1. The molecule has 0 saturated carbocycles. The maximum Gasteiger partial charge on any atom is 0.0708 e. The second-order valence-electron chi connectivity index (χ2n) is 3.83. The van der Waals surface area contributed by atoms with E-state index in [1.54, 1.807) is 30.5 Å². The van der Waals surface area contributed by atoms with E-state index in [9.17, 15) is 4.21 Å². The third-order valence-corrected chi connectivity index (χ3v) is 3.86. The molecule has 1 aromatic heterocycles. The second kappa shape index (κ2) is 5.10. The summed E-state index contributed by atoms with van der Waals surface area (Å²) in [6.07, 6.45) is 1.72. The Morgan fingerprint density at radius 1 is 1.24 bits per heavy atom. The Kier molecular flexibility index (Phi) is 3.54. The highest BCUT2D eigenvalue weighted by Crippen LogP contribution is 2.14. The van der Waals surface area contributed by atoms with E-state index in [2.05, 4.69) is 4.98 Å². The van der Waals surface area contributed by atoms with Crippen LogP contribution in [0.25, 0.3) is 0 Å². The van der Waals surface area contributed by atoms with Crippen molar-refractivity contribution in [3.63, 3.8) is 0 Å². The van der Waals surface area contributed by atoms with E-state index in [1.165, 1.54) is 0 Å². The Balaban J connectivity index is 2.17. The molecule has 2 aromatic rings. The quantitative estimate of drug-likeness (QED) is 0.845. The van der Waals surface area contributed by atoms with Crippen molar-refractivity contribution in [2.75, 3.05) is 5.73 Å². The van der Waals surface area contributed by atoms with Gasteiger partial charge in [-0.3, -0.25) is 9.19 Å². The predicted octanol–water partition coefficient (Wildman–Crippen LogP) is 2.28. The molecule has 0 bridgehead atoms. The fraction of sp³-hybridized carbons (Fsp3) is 0.154. The smallest absolute Gasteiger partial charge is 0.0708 e. The number of benzene rings is 1. The van der Waals surface area contributed by atoms with Crippen molar-refractivity contribution in [2.24, 2.45) is 0 Å². The fourth-order valence-corrected chi connectivity index (χ4v) is 2.65. The summed E-state index contributed by atoms with van der Waals surface area (Å²) in [7, 11) is -1.07. The molecule has 4 heteroatoms. The van der Waals surface area contributed by atoms with Crippen molar-refractivity contribution >= 4 is 16.5 Å². The molecular formula is C13H14N2OS. The summed E-state index contributed by atoms with van der Waals surface area (Å²) >= 11 is 0. The zero-order valence-corrected chi connectivity index (χ0v) is 10.4. The summed E-state index contributed by atoms with van der Waals surface area (Å²) < 4.78 is 12.1. The number of nitrogen functional groups attached to an aromatic ring is 1. The highest BCUT2D eigenvalue weighted by molar-refractivity contribution is 7.84. The van der Waals surface area contributed by atoms with Crippen LogP contribution < -0.4 is 5.73 Å². The molecule has 0 saturated heterocycles. The number of aryl methyl sites for hydroxylation is 1. The monoisotopic (exact) mass is 246 g/mol. The van der Waals surface area contributed by atoms with E-state index in [0.29, 0.717) is 11.4 Å². The van der Waals surface area contributed by atoms with Crippen LogP contribution in [-0.4, -0.2) is 9.19 Å². The first-order valence-corrected chi connectivity index (χ1v) is 6.63. The Labute approximate surface area is 103 Å². The molecule has 0 amide bonds. The first-order chi connectivity index (χ1) is 8.16. The molecule has 88 valence electrons. The molecule has 0 radical (unpaired) electrons. The summed E-state index contributed by atoms with van der Waals surface area (Å²) in [6, 6.07) is 11.0. The number of pyridine rings is 1. The van der Waals surface area contributed by atoms with Crippen molar-refractivity contribution in [1.29, 1.82) is 0 Å². The van der Waals surface area contributed by atoms with Crippen LogP contribution in [0.4, 0.5) is 5.69 Å². The number of hydrogen-bond acceptors (Lipinski definition) is 3. The Bertz CT molecular complexity index is 537. The normalized spacial score (nSPS) is 12.3. The van der Waals surface area contributed by atoms with Crippen LogP contribution in [-0.2, 0) is 16.6 Å². The Morgan fingerprint density at radius 3 is 2.59 bits per heavy atom. The molecule has 2 rings (SSSR count). The summed E-state index contributed by atoms with van der Waals surface area (Å²) in [4.78, 5) is 5.03. The average Bonchev–Trinajstić information content (AvgIpc) is 2.33. The molecule has 1 heterocycles. The molecule has 0 fully saturated rings. The molecule has 0 aliphatic heterocycles. The van der Waals surface area contributed by atoms with Gasteiger partial charge in [0, 0.05) is 16.8 Å². The van der Waals surface area contributed by atoms with E-state index in [-0.39, 0.29) is 0 Å². The molecule has 2 N–H and O–H groups in total. The number of rotatable bonds is 3. The number of aromatic nitrogens is 1. The van der Waals surface area contributed by atoms with Gasteiger partial charge in [0.2, 0.25) is 0 Å². The zero-order valence-electron chi connectivity index (χ0n) is 9.59. The minimum absolute atomic E-state index is 0.441. The van der Waals surface area contributed by atoms with Gasteiger partial charge < -0.3 is 5.73 Å². The van der Waals surface area contributed by atoms with Gasteiger partial charge in [0.1, 0.15) is 0 Å². The van der Waals surface area contributed by atoms with E-state index in [0.717, 1.165) is 16.2 Å². The minimum atomic E-state index is -1.07. The molecule has 3 nitrogen and oxygen atoms in total. The van der Waals surface area contributed by atoms with Crippen molar-refractivity contribution in [3.8, 4) is 0 Å². The van der Waals surface area contributed by atoms with Crippen LogP contribution in [0, 0.1) is 6.92 Å². The standard InChI is InChI=1S/C13H14N2OS/c1-10-3-2-8-15-13(10)9-17(16)12-6-4-11(14)5-7-12/h2-8H,9,14H2,1H3. The highest BCUT2D eigenvalue weighted by atomic mass is 32.2. The van der Waals surface area contributed by atoms with Gasteiger partial charge in [-0.1, -0.05) is 6.07 Å². The Hall–Kier alpha value is -1.68. The van der Waals surface area contributed by atoms with Crippen molar-refractivity contribution in [3.05, 3.63) is 53.9 Å². The van der Waals surface area contributed by atoms with Gasteiger partial charge in [0.05, 0.1) is 22.2 Å². The van der Waals surface area contributed by atoms with Gasteiger partial charge in [-0.2, -0.15) is 0 Å². The lowest BCUT2D eigenvalue weighted by Gasteiger charge is -2.05. The molecular weight excluding hydrogens is 232 g/mol. The second-order valence-corrected chi connectivity index (χ2v) is 5.28. The zero-order chi connectivity index (χ0) is 12.3. The lowest BCUT2D eigenvalue weighted by Crippen LogP contribution is -2.01. The number of anilines is 1.